The molecule has 28 heavy (non-hydrogen) atoms. The maximum Gasteiger partial charge on any atom is 0.308 e. The van der Waals surface area contributed by atoms with E-state index in [0.717, 1.165) is 6.07 Å². The molecule has 1 amide bonds. The molecule has 0 fully saturated rings. The van der Waals surface area contributed by atoms with Crippen molar-refractivity contribution in [2.75, 3.05) is 5.32 Å². The van der Waals surface area contributed by atoms with Gasteiger partial charge in [-0.25, -0.2) is 0 Å². The molecule has 0 aromatic heterocycles. The summed E-state index contributed by atoms with van der Waals surface area (Å²) >= 11 is 9.18. The summed E-state index contributed by atoms with van der Waals surface area (Å²) in [5, 5.41) is 22.4. The van der Waals surface area contributed by atoms with Crippen molar-refractivity contribution in [2.45, 2.75) is 6.92 Å². The quantitative estimate of drug-likeness (QED) is 0.174. The maximum absolute atomic E-state index is 12.3. The van der Waals surface area contributed by atoms with Crippen LogP contribution in [0.5, 0.6) is 5.75 Å². The lowest BCUT2D eigenvalue weighted by molar-refractivity contribution is -0.384. The van der Waals surface area contributed by atoms with E-state index in [1.807, 2.05) is 0 Å². The number of nitrogens with one attached hydrogen (secondary N) is 1. The second-order valence-electron chi connectivity index (χ2n) is 5.33. The van der Waals surface area contributed by atoms with Crippen molar-refractivity contribution >= 4 is 56.9 Å². The molecule has 0 aliphatic rings. The van der Waals surface area contributed by atoms with Gasteiger partial charge in [-0.05, 0) is 45.8 Å². The summed E-state index contributed by atoms with van der Waals surface area (Å²) in [4.78, 5) is 33.5. The lowest BCUT2D eigenvalue weighted by Gasteiger charge is -2.07. The van der Waals surface area contributed by atoms with Gasteiger partial charge in [-0.2, -0.15) is 5.26 Å². The molecule has 0 bridgehead atoms. The highest BCUT2D eigenvalue weighted by atomic mass is 79.9. The number of benzene rings is 2. The Bertz CT molecular complexity index is 1050. The first-order chi connectivity index (χ1) is 13.2. The maximum atomic E-state index is 12.3. The fraction of sp³-hybridized carbons (Fsp3) is 0.0556. The summed E-state index contributed by atoms with van der Waals surface area (Å²) in [7, 11) is 0. The van der Waals surface area contributed by atoms with E-state index >= 15 is 0 Å². The van der Waals surface area contributed by atoms with Crippen LogP contribution in [0.15, 0.2) is 46.4 Å². The van der Waals surface area contributed by atoms with E-state index in [1.54, 1.807) is 18.2 Å². The molecule has 0 saturated heterocycles. The number of anilines is 1. The molecule has 1 N–H and O–H groups in total. The highest BCUT2D eigenvalue weighted by Crippen LogP contribution is 2.28. The molecule has 0 radical (unpaired) electrons. The third kappa shape index (κ3) is 5.39. The number of carbonyl (C=O) groups is 2. The molecule has 0 heterocycles. The molecule has 0 atom stereocenters. The Morgan fingerprint density at radius 3 is 2.57 bits per heavy atom. The van der Waals surface area contributed by atoms with Crippen molar-refractivity contribution in [3.05, 3.63) is 67.1 Å². The van der Waals surface area contributed by atoms with E-state index in [9.17, 15) is 25.0 Å². The van der Waals surface area contributed by atoms with Crippen molar-refractivity contribution in [3.8, 4) is 11.8 Å². The lowest BCUT2D eigenvalue weighted by atomic mass is 10.1. The van der Waals surface area contributed by atoms with E-state index in [4.69, 9.17) is 16.3 Å². The lowest BCUT2D eigenvalue weighted by Crippen LogP contribution is -2.13. The molecule has 0 unspecified atom stereocenters. The Labute approximate surface area is 172 Å². The van der Waals surface area contributed by atoms with Crippen LogP contribution in [0.3, 0.4) is 0 Å². The number of amides is 1. The summed E-state index contributed by atoms with van der Waals surface area (Å²) in [5.41, 5.74) is 0.187. The Kier molecular flexibility index (Phi) is 6.87. The number of halogens is 2. The molecule has 0 saturated carbocycles. The topological polar surface area (TPSA) is 122 Å². The number of nitro benzene ring substituents is 1. The summed E-state index contributed by atoms with van der Waals surface area (Å²) in [6.07, 6.45) is 1.33. The average Bonchev–Trinajstić information content (AvgIpc) is 2.62. The molecule has 142 valence electrons. The van der Waals surface area contributed by atoms with Gasteiger partial charge in [-0.1, -0.05) is 17.7 Å². The summed E-state index contributed by atoms with van der Waals surface area (Å²) < 4.78 is 5.45. The van der Waals surface area contributed by atoms with Crippen molar-refractivity contribution in [1.29, 1.82) is 5.26 Å². The molecule has 2 aromatic carbocycles. The minimum absolute atomic E-state index is 0.0340. The third-order valence-corrected chi connectivity index (χ3v) is 4.23. The van der Waals surface area contributed by atoms with Crippen LogP contribution in [0.4, 0.5) is 11.4 Å². The van der Waals surface area contributed by atoms with Crippen LogP contribution in [0.2, 0.25) is 5.02 Å². The molecule has 10 heteroatoms. The molecule has 0 spiro atoms. The van der Waals surface area contributed by atoms with Gasteiger partial charge < -0.3 is 10.1 Å². The highest BCUT2D eigenvalue weighted by Gasteiger charge is 2.15. The van der Waals surface area contributed by atoms with Gasteiger partial charge in [0.15, 0.2) is 0 Å². The summed E-state index contributed by atoms with van der Waals surface area (Å²) in [5.74, 6) is -0.926. The normalized spacial score (nSPS) is 10.7. The zero-order chi connectivity index (χ0) is 20.8. The first-order valence-corrected chi connectivity index (χ1v) is 8.73. The van der Waals surface area contributed by atoms with Gasteiger partial charge in [0.25, 0.3) is 11.6 Å². The second-order valence-corrected chi connectivity index (χ2v) is 6.59. The number of hydrogen-bond donors (Lipinski definition) is 1. The number of nitriles is 1. The van der Waals surface area contributed by atoms with Crippen LogP contribution in [0.25, 0.3) is 6.08 Å². The number of nitro groups is 1. The SMILES string of the molecule is CC(=O)Oc1ccc(C=C(C#N)C(=O)Nc2ccc([N+](=O)[O-])cc2Cl)cc1Br. The largest absolute Gasteiger partial charge is 0.426 e. The molecular weight excluding hydrogens is 454 g/mol. The number of carbonyl (C=O) groups excluding carboxylic acids is 2. The van der Waals surface area contributed by atoms with Crippen LogP contribution in [0.1, 0.15) is 12.5 Å². The fourth-order valence-electron chi connectivity index (χ4n) is 2.07. The molecule has 0 aliphatic heterocycles. The zero-order valence-electron chi connectivity index (χ0n) is 14.2. The molecular formula is C18H11BrClN3O5. The minimum atomic E-state index is -0.738. The van der Waals surface area contributed by atoms with Crippen LogP contribution in [-0.2, 0) is 9.59 Å². The van der Waals surface area contributed by atoms with Crippen LogP contribution >= 0.6 is 27.5 Å². The average molecular weight is 465 g/mol. The smallest absolute Gasteiger partial charge is 0.308 e. The van der Waals surface area contributed by atoms with E-state index in [0.29, 0.717) is 15.8 Å². The van der Waals surface area contributed by atoms with E-state index in [2.05, 4.69) is 21.2 Å². The Morgan fingerprint density at radius 1 is 1.32 bits per heavy atom. The van der Waals surface area contributed by atoms with Crippen molar-refractivity contribution < 1.29 is 19.2 Å². The first kappa shape index (κ1) is 21.1. The summed E-state index contributed by atoms with van der Waals surface area (Å²) in [6, 6.07) is 9.98. The molecule has 0 aliphatic carbocycles. The highest BCUT2D eigenvalue weighted by molar-refractivity contribution is 9.10. The Balaban J connectivity index is 2.24. The van der Waals surface area contributed by atoms with Crippen LogP contribution < -0.4 is 10.1 Å². The number of ether oxygens (including phenoxy) is 1. The third-order valence-electron chi connectivity index (χ3n) is 3.30. The second kappa shape index (κ2) is 9.12. The van der Waals surface area contributed by atoms with E-state index in [-0.39, 0.29) is 22.0 Å². The molecule has 8 nitrogen and oxygen atoms in total. The van der Waals surface area contributed by atoms with Gasteiger partial charge in [0, 0.05) is 19.1 Å². The van der Waals surface area contributed by atoms with Crippen LogP contribution in [-0.4, -0.2) is 16.8 Å². The molecule has 2 aromatic rings. The standard InChI is InChI=1S/C18H11BrClN3O5/c1-10(24)28-17-5-2-11(7-14(17)19)6-12(9-21)18(25)22-16-4-3-13(23(26)27)8-15(16)20/h2-8H,1H3,(H,22,25). The van der Waals surface area contributed by atoms with Gasteiger partial charge >= 0.3 is 5.97 Å². The Morgan fingerprint density at radius 2 is 2.04 bits per heavy atom. The zero-order valence-corrected chi connectivity index (χ0v) is 16.6. The van der Waals surface area contributed by atoms with Gasteiger partial charge in [0.2, 0.25) is 0 Å². The molecule has 2 rings (SSSR count). The van der Waals surface area contributed by atoms with Gasteiger partial charge in [-0.3, -0.25) is 19.7 Å². The van der Waals surface area contributed by atoms with E-state index < -0.39 is 16.8 Å². The minimum Gasteiger partial charge on any atom is -0.426 e. The van der Waals surface area contributed by atoms with E-state index in [1.165, 1.54) is 31.2 Å². The first-order valence-electron chi connectivity index (χ1n) is 7.56. The number of nitrogens with zero attached hydrogens (tertiary/aromatic N) is 2. The Hall–Kier alpha value is -3.22. The number of rotatable bonds is 5. The van der Waals surface area contributed by atoms with Crippen molar-refractivity contribution in [2.24, 2.45) is 0 Å². The van der Waals surface area contributed by atoms with Gasteiger partial charge in [-0.15, -0.1) is 0 Å². The van der Waals surface area contributed by atoms with Crippen molar-refractivity contribution in [1.82, 2.24) is 0 Å². The predicted octanol–water partition coefficient (Wildman–Crippen LogP) is 4.48. The number of esters is 1. The van der Waals surface area contributed by atoms with Gasteiger partial charge in [0.05, 0.1) is 20.1 Å². The number of non-ortho nitro benzene ring substituents is 1. The predicted molar refractivity (Wildman–Crippen MR) is 106 cm³/mol. The van der Waals surface area contributed by atoms with Crippen molar-refractivity contribution in [3.63, 3.8) is 0 Å². The number of hydrogen-bond acceptors (Lipinski definition) is 6. The van der Waals surface area contributed by atoms with Crippen LogP contribution in [0, 0.1) is 21.4 Å². The summed E-state index contributed by atoms with van der Waals surface area (Å²) in [6.45, 7) is 1.27. The fourth-order valence-corrected chi connectivity index (χ4v) is 2.77. The monoisotopic (exact) mass is 463 g/mol. The van der Waals surface area contributed by atoms with Gasteiger partial charge in [0.1, 0.15) is 17.4 Å².